The maximum absolute atomic E-state index is 12.3. The lowest BCUT2D eigenvalue weighted by Gasteiger charge is -2.25. The monoisotopic (exact) mass is 336 g/mol. The van der Waals surface area contributed by atoms with Crippen LogP contribution in [0.3, 0.4) is 0 Å². The van der Waals surface area contributed by atoms with Gasteiger partial charge in [-0.25, -0.2) is 4.79 Å². The van der Waals surface area contributed by atoms with Crippen LogP contribution >= 0.6 is 0 Å². The lowest BCUT2D eigenvalue weighted by molar-refractivity contribution is -0.137. The van der Waals surface area contributed by atoms with Crippen molar-refractivity contribution in [2.75, 3.05) is 5.32 Å². The summed E-state index contributed by atoms with van der Waals surface area (Å²) in [5.74, 6) is 0.0943. The lowest BCUT2D eigenvalue weighted by atomic mass is 9.99. The average molecular weight is 336 g/mol. The van der Waals surface area contributed by atoms with E-state index in [2.05, 4.69) is 29.6 Å². The Bertz CT molecular complexity index is 603. The number of aliphatic carboxylic acids is 1. The van der Waals surface area contributed by atoms with Crippen LogP contribution in [0.25, 0.3) is 0 Å². The molecule has 0 aromatic carbocycles. The van der Waals surface area contributed by atoms with Gasteiger partial charge >= 0.3 is 12.0 Å². The van der Waals surface area contributed by atoms with Crippen molar-refractivity contribution in [3.8, 4) is 0 Å². The van der Waals surface area contributed by atoms with Gasteiger partial charge in [0.1, 0.15) is 0 Å². The molecule has 1 aliphatic rings. The maximum Gasteiger partial charge on any atom is 0.319 e. The molecule has 3 N–H and O–H groups in total. The van der Waals surface area contributed by atoms with Gasteiger partial charge in [-0.15, -0.1) is 0 Å². The fourth-order valence-corrected chi connectivity index (χ4v) is 2.71. The predicted molar refractivity (Wildman–Crippen MR) is 92.1 cm³/mol. The van der Waals surface area contributed by atoms with Crippen molar-refractivity contribution in [2.45, 2.75) is 71.4 Å². The number of nitrogens with zero attached hydrogens (tertiary/aromatic N) is 2. The standard InChI is InChI=1S/C17H28N4O3/c1-11(2)10-21-15(12-5-6-12)13(9-18-21)19-16(24)20-17(3,4)8-7-14(22)23/h9,11-12H,5-8,10H2,1-4H3,(H,22,23)(H2,19,20,24). The second-order valence-corrected chi connectivity index (χ2v) is 7.65. The zero-order chi connectivity index (χ0) is 17.9. The number of nitrogens with one attached hydrogen (secondary N) is 2. The Morgan fingerprint density at radius 1 is 1.42 bits per heavy atom. The number of aromatic nitrogens is 2. The first-order chi connectivity index (χ1) is 11.2. The summed E-state index contributed by atoms with van der Waals surface area (Å²) in [6, 6.07) is -0.323. The molecule has 134 valence electrons. The van der Waals surface area contributed by atoms with Crippen LogP contribution in [-0.4, -0.2) is 32.4 Å². The van der Waals surface area contributed by atoms with Crippen molar-refractivity contribution in [3.63, 3.8) is 0 Å². The number of urea groups is 1. The summed E-state index contributed by atoms with van der Waals surface area (Å²) in [4.78, 5) is 23.0. The molecule has 1 saturated carbocycles. The minimum Gasteiger partial charge on any atom is -0.481 e. The van der Waals surface area contributed by atoms with E-state index in [9.17, 15) is 9.59 Å². The van der Waals surface area contributed by atoms with E-state index >= 15 is 0 Å². The summed E-state index contributed by atoms with van der Waals surface area (Å²) < 4.78 is 1.99. The van der Waals surface area contributed by atoms with Gasteiger partial charge in [-0.2, -0.15) is 5.10 Å². The normalized spacial score (nSPS) is 14.7. The smallest absolute Gasteiger partial charge is 0.319 e. The van der Waals surface area contributed by atoms with E-state index in [1.807, 2.05) is 18.5 Å². The van der Waals surface area contributed by atoms with Crippen molar-refractivity contribution in [2.24, 2.45) is 5.92 Å². The maximum atomic E-state index is 12.3. The van der Waals surface area contributed by atoms with Crippen molar-refractivity contribution in [1.82, 2.24) is 15.1 Å². The Morgan fingerprint density at radius 2 is 2.08 bits per heavy atom. The molecule has 1 aromatic rings. The Morgan fingerprint density at radius 3 is 2.62 bits per heavy atom. The summed E-state index contributed by atoms with van der Waals surface area (Å²) in [5.41, 5.74) is 1.27. The van der Waals surface area contributed by atoms with Crippen LogP contribution in [0, 0.1) is 5.92 Å². The molecule has 0 bridgehead atoms. The third-order valence-corrected chi connectivity index (χ3v) is 4.05. The number of carboxylic acids is 1. The van der Waals surface area contributed by atoms with Crippen LogP contribution in [0.4, 0.5) is 10.5 Å². The molecular weight excluding hydrogens is 308 g/mol. The number of carboxylic acid groups (broad SMARTS) is 1. The second-order valence-electron chi connectivity index (χ2n) is 7.65. The minimum absolute atomic E-state index is 0.0208. The molecule has 0 saturated heterocycles. The van der Waals surface area contributed by atoms with E-state index in [0.717, 1.165) is 30.8 Å². The highest BCUT2D eigenvalue weighted by molar-refractivity contribution is 5.90. The number of carbonyl (C=O) groups is 2. The number of hydrogen-bond donors (Lipinski definition) is 3. The van der Waals surface area contributed by atoms with E-state index in [1.54, 1.807) is 6.20 Å². The highest BCUT2D eigenvalue weighted by atomic mass is 16.4. The fraction of sp³-hybridized carbons (Fsp3) is 0.706. The van der Waals surface area contributed by atoms with E-state index in [0.29, 0.717) is 18.3 Å². The van der Waals surface area contributed by atoms with Crippen LogP contribution in [0.2, 0.25) is 0 Å². The van der Waals surface area contributed by atoms with Gasteiger partial charge in [0.05, 0.1) is 17.6 Å². The molecule has 7 nitrogen and oxygen atoms in total. The molecule has 1 aliphatic carbocycles. The molecule has 0 atom stereocenters. The van der Waals surface area contributed by atoms with Gasteiger partial charge in [0.2, 0.25) is 0 Å². The first kappa shape index (κ1) is 18.3. The van der Waals surface area contributed by atoms with E-state index in [-0.39, 0.29) is 12.5 Å². The molecule has 0 unspecified atom stereocenters. The second kappa shape index (κ2) is 7.23. The summed E-state index contributed by atoms with van der Waals surface area (Å²) in [6.07, 6.45) is 4.36. The number of hydrogen-bond acceptors (Lipinski definition) is 3. The molecule has 7 heteroatoms. The largest absolute Gasteiger partial charge is 0.481 e. The number of carbonyl (C=O) groups excluding carboxylic acids is 1. The van der Waals surface area contributed by atoms with E-state index in [1.165, 1.54) is 0 Å². The van der Waals surface area contributed by atoms with Crippen LogP contribution < -0.4 is 10.6 Å². The summed E-state index contributed by atoms with van der Waals surface area (Å²) in [6.45, 7) is 8.75. The predicted octanol–water partition coefficient (Wildman–Crippen LogP) is 3.18. The van der Waals surface area contributed by atoms with Crippen LogP contribution in [0.1, 0.15) is 65.0 Å². The molecule has 24 heavy (non-hydrogen) atoms. The third kappa shape index (κ3) is 5.25. The average Bonchev–Trinajstić information content (AvgIpc) is 3.20. The zero-order valence-corrected chi connectivity index (χ0v) is 14.9. The molecular formula is C17H28N4O3. The van der Waals surface area contributed by atoms with Gasteiger partial charge in [-0.3, -0.25) is 9.48 Å². The van der Waals surface area contributed by atoms with Gasteiger partial charge in [0.15, 0.2) is 0 Å². The summed E-state index contributed by atoms with van der Waals surface area (Å²) in [7, 11) is 0. The zero-order valence-electron chi connectivity index (χ0n) is 14.9. The highest BCUT2D eigenvalue weighted by Crippen LogP contribution is 2.43. The molecule has 2 amide bonds. The lowest BCUT2D eigenvalue weighted by Crippen LogP contribution is -2.45. The molecule has 1 fully saturated rings. The topological polar surface area (TPSA) is 96.3 Å². The molecule has 1 aromatic heterocycles. The molecule has 2 rings (SSSR count). The Labute approximate surface area is 142 Å². The highest BCUT2D eigenvalue weighted by Gasteiger charge is 2.31. The number of anilines is 1. The van der Waals surface area contributed by atoms with Gasteiger partial charge in [-0.1, -0.05) is 13.8 Å². The quantitative estimate of drug-likeness (QED) is 0.679. The first-order valence-corrected chi connectivity index (χ1v) is 8.54. The van der Waals surface area contributed by atoms with Crippen LogP contribution in [0.15, 0.2) is 6.20 Å². The fourth-order valence-electron chi connectivity index (χ4n) is 2.71. The molecule has 0 aliphatic heterocycles. The van der Waals surface area contributed by atoms with Gasteiger partial charge in [-0.05, 0) is 39.0 Å². The Balaban J connectivity index is 2.01. The van der Waals surface area contributed by atoms with Gasteiger partial charge < -0.3 is 15.7 Å². The third-order valence-electron chi connectivity index (χ3n) is 4.05. The van der Waals surface area contributed by atoms with Crippen molar-refractivity contribution >= 4 is 17.7 Å². The van der Waals surface area contributed by atoms with Crippen molar-refractivity contribution in [1.29, 1.82) is 0 Å². The summed E-state index contributed by atoms with van der Waals surface area (Å²) >= 11 is 0. The van der Waals surface area contributed by atoms with Crippen LogP contribution in [0.5, 0.6) is 0 Å². The summed E-state index contributed by atoms with van der Waals surface area (Å²) in [5, 5.41) is 18.9. The van der Waals surface area contributed by atoms with Gasteiger partial charge in [0, 0.05) is 24.4 Å². The number of rotatable bonds is 8. The first-order valence-electron chi connectivity index (χ1n) is 8.54. The number of amides is 2. The molecule has 1 heterocycles. The molecule has 0 radical (unpaired) electrons. The van der Waals surface area contributed by atoms with Crippen LogP contribution in [-0.2, 0) is 11.3 Å². The van der Waals surface area contributed by atoms with Crippen molar-refractivity contribution in [3.05, 3.63) is 11.9 Å². The van der Waals surface area contributed by atoms with Gasteiger partial charge in [0.25, 0.3) is 0 Å². The Hall–Kier alpha value is -2.05. The van der Waals surface area contributed by atoms with E-state index in [4.69, 9.17) is 5.11 Å². The SMILES string of the molecule is CC(C)Cn1ncc(NC(=O)NC(C)(C)CCC(=O)O)c1C1CC1. The Kier molecular flexibility index (Phi) is 5.51. The molecule has 0 spiro atoms. The van der Waals surface area contributed by atoms with Crippen molar-refractivity contribution < 1.29 is 14.7 Å². The minimum atomic E-state index is -0.865. The van der Waals surface area contributed by atoms with E-state index < -0.39 is 11.5 Å².